The first-order chi connectivity index (χ1) is 23.0. The van der Waals surface area contributed by atoms with Crippen LogP contribution in [-0.2, 0) is 32.0 Å². The van der Waals surface area contributed by atoms with Gasteiger partial charge in [-0.15, -0.1) is 0 Å². The summed E-state index contributed by atoms with van der Waals surface area (Å²) in [6, 6.07) is 14.2. The van der Waals surface area contributed by atoms with Gasteiger partial charge in [0.15, 0.2) is 0 Å². The average Bonchev–Trinajstić information content (AvgIpc) is 3.08. The molecule has 0 spiro atoms. The van der Waals surface area contributed by atoms with E-state index in [9.17, 15) is 19.2 Å². The topological polar surface area (TPSA) is 125 Å². The van der Waals surface area contributed by atoms with E-state index in [1.807, 2.05) is 55.1 Å². The second-order valence-electron chi connectivity index (χ2n) is 13.7. The van der Waals surface area contributed by atoms with Crippen molar-refractivity contribution in [2.45, 2.75) is 84.1 Å². The van der Waals surface area contributed by atoms with Gasteiger partial charge in [-0.3, -0.25) is 19.2 Å². The lowest BCUT2D eigenvalue weighted by molar-refractivity contribution is -0.146. The zero-order chi connectivity index (χ0) is 34.7. The Morgan fingerprint density at radius 1 is 0.875 bits per heavy atom. The van der Waals surface area contributed by atoms with Crippen molar-refractivity contribution in [3.05, 3.63) is 69.7 Å². The van der Waals surface area contributed by atoms with Gasteiger partial charge in [-0.05, 0) is 81.7 Å². The minimum atomic E-state index is -0.879. The van der Waals surface area contributed by atoms with Crippen LogP contribution in [0.15, 0.2) is 48.5 Å². The SMILES string of the molecule is CCNC(=O)C1(Cc2ccccc2)CCCN(C(=O)[C@@H](Cc2ccc(Cl)c(Cl)c2)NC(=O)C2(C)CCN(C(=O)CCCCCN)CC2)C1. The third kappa shape index (κ3) is 9.73. The van der Waals surface area contributed by atoms with Crippen molar-refractivity contribution < 1.29 is 19.2 Å². The molecule has 0 aliphatic carbocycles. The summed E-state index contributed by atoms with van der Waals surface area (Å²) >= 11 is 12.5. The largest absolute Gasteiger partial charge is 0.356 e. The van der Waals surface area contributed by atoms with Crippen LogP contribution in [0.4, 0.5) is 0 Å². The number of halogens is 2. The van der Waals surface area contributed by atoms with Crippen LogP contribution in [-0.4, -0.2) is 78.7 Å². The van der Waals surface area contributed by atoms with E-state index in [1.54, 1.807) is 17.0 Å². The van der Waals surface area contributed by atoms with Crippen LogP contribution in [0.2, 0.25) is 10.0 Å². The van der Waals surface area contributed by atoms with Gasteiger partial charge in [0.2, 0.25) is 23.6 Å². The van der Waals surface area contributed by atoms with E-state index in [1.165, 1.54) is 0 Å². The molecule has 0 radical (unpaired) electrons. The maximum absolute atomic E-state index is 14.4. The first kappa shape index (κ1) is 37.7. The van der Waals surface area contributed by atoms with Crippen molar-refractivity contribution in [3.8, 4) is 0 Å². The fraction of sp³-hybridized carbons (Fsp3) is 0.568. The maximum atomic E-state index is 14.4. The highest BCUT2D eigenvalue weighted by atomic mass is 35.5. The number of likely N-dealkylation sites (tertiary alicyclic amines) is 2. The summed E-state index contributed by atoms with van der Waals surface area (Å²) in [5.41, 5.74) is 5.84. The van der Waals surface area contributed by atoms with Crippen LogP contribution in [0.5, 0.6) is 0 Å². The molecule has 0 bridgehead atoms. The van der Waals surface area contributed by atoms with Crippen LogP contribution in [0.3, 0.4) is 0 Å². The lowest BCUT2D eigenvalue weighted by Crippen LogP contribution is -2.59. The standard InChI is InChI=1S/C37H51Cl2N5O4/c1-3-41-35(48)37(25-27-11-6-4-7-12-27)16-10-20-44(26-37)33(46)31(24-28-14-15-29(38)30(39)23-28)42-34(47)36(2)17-21-43(22-18-36)32(45)13-8-5-9-19-40/h4,6-7,11-12,14-15,23,31H,3,5,8-10,13,16-22,24-26,40H2,1-2H3,(H,41,48)(H,42,47)/t31-,37?/m1/s1. The highest BCUT2D eigenvalue weighted by Gasteiger charge is 2.45. The number of carbonyl (C=O) groups is 4. The number of amides is 4. The van der Waals surface area contributed by atoms with E-state index < -0.39 is 16.9 Å². The number of unbranched alkanes of at least 4 members (excludes halogenated alkanes) is 2. The monoisotopic (exact) mass is 699 g/mol. The quantitative estimate of drug-likeness (QED) is 0.235. The van der Waals surface area contributed by atoms with Gasteiger partial charge in [-0.2, -0.15) is 0 Å². The van der Waals surface area contributed by atoms with E-state index in [0.29, 0.717) is 81.3 Å². The number of hydrogen-bond acceptors (Lipinski definition) is 5. The van der Waals surface area contributed by atoms with Crippen LogP contribution < -0.4 is 16.4 Å². The van der Waals surface area contributed by atoms with Crippen molar-refractivity contribution in [2.24, 2.45) is 16.6 Å². The summed E-state index contributed by atoms with van der Waals surface area (Å²) in [5.74, 6) is -0.403. The molecule has 11 heteroatoms. The lowest BCUT2D eigenvalue weighted by atomic mass is 9.74. The van der Waals surface area contributed by atoms with Gasteiger partial charge >= 0.3 is 0 Å². The third-order valence-electron chi connectivity index (χ3n) is 9.98. The fourth-order valence-corrected chi connectivity index (χ4v) is 7.27. The first-order valence-corrected chi connectivity index (χ1v) is 18.1. The van der Waals surface area contributed by atoms with Crippen molar-refractivity contribution in [2.75, 3.05) is 39.3 Å². The third-order valence-corrected chi connectivity index (χ3v) is 10.7. The Morgan fingerprint density at radius 2 is 1.60 bits per heavy atom. The Kier molecular flexibility index (Phi) is 13.7. The molecule has 2 saturated heterocycles. The van der Waals surface area contributed by atoms with Crippen LogP contribution in [0.25, 0.3) is 0 Å². The number of nitrogens with two attached hydrogens (primary N) is 1. The average molecular weight is 701 g/mol. The van der Waals surface area contributed by atoms with Crippen molar-refractivity contribution in [3.63, 3.8) is 0 Å². The van der Waals surface area contributed by atoms with Gasteiger partial charge < -0.3 is 26.2 Å². The van der Waals surface area contributed by atoms with Crippen LogP contribution in [0, 0.1) is 10.8 Å². The summed E-state index contributed by atoms with van der Waals surface area (Å²) in [6.07, 6.45) is 6.18. The molecule has 2 fully saturated rings. The minimum Gasteiger partial charge on any atom is -0.356 e. The molecule has 1 unspecified atom stereocenters. The molecule has 2 aromatic carbocycles. The molecule has 0 aromatic heterocycles. The van der Waals surface area contributed by atoms with Crippen molar-refractivity contribution >= 4 is 46.8 Å². The second-order valence-corrected chi connectivity index (χ2v) is 14.5. The zero-order valence-electron chi connectivity index (χ0n) is 28.4. The van der Waals surface area contributed by atoms with Crippen LogP contribution in [0.1, 0.15) is 76.3 Å². The normalized spacial score (nSPS) is 19.8. The molecule has 4 amide bonds. The molecule has 262 valence electrons. The number of carbonyl (C=O) groups excluding carboxylic acids is 4. The van der Waals surface area contributed by atoms with Crippen molar-refractivity contribution in [1.29, 1.82) is 0 Å². The number of rotatable bonds is 14. The molecule has 2 heterocycles. The van der Waals surface area contributed by atoms with Gasteiger partial charge in [0.1, 0.15) is 6.04 Å². The molecule has 2 atom stereocenters. The van der Waals surface area contributed by atoms with Gasteiger partial charge in [0.25, 0.3) is 0 Å². The Balaban J connectivity index is 1.52. The van der Waals surface area contributed by atoms with E-state index in [-0.39, 0.29) is 36.6 Å². The summed E-state index contributed by atoms with van der Waals surface area (Å²) in [5, 5.41) is 6.90. The molecule has 2 aliphatic rings. The number of nitrogens with zero attached hydrogens (tertiary/aromatic N) is 2. The molecule has 4 rings (SSSR count). The molecular weight excluding hydrogens is 649 g/mol. The van der Waals surface area contributed by atoms with Gasteiger partial charge in [0.05, 0.1) is 15.5 Å². The lowest BCUT2D eigenvalue weighted by Gasteiger charge is -2.43. The molecule has 9 nitrogen and oxygen atoms in total. The summed E-state index contributed by atoms with van der Waals surface area (Å²) in [4.78, 5) is 58.5. The predicted molar refractivity (Wildman–Crippen MR) is 191 cm³/mol. The Hall–Kier alpha value is -3.14. The molecule has 4 N–H and O–H groups in total. The number of hydrogen-bond donors (Lipinski definition) is 3. The molecule has 2 aromatic rings. The highest BCUT2D eigenvalue weighted by molar-refractivity contribution is 6.42. The summed E-state index contributed by atoms with van der Waals surface area (Å²) in [7, 11) is 0. The molecular formula is C37H51Cl2N5O4. The number of benzene rings is 2. The second kappa shape index (κ2) is 17.5. The van der Waals surface area contributed by atoms with Gasteiger partial charge in [-0.25, -0.2) is 0 Å². The summed E-state index contributed by atoms with van der Waals surface area (Å²) < 4.78 is 0. The van der Waals surface area contributed by atoms with E-state index in [0.717, 1.165) is 30.4 Å². The fourth-order valence-electron chi connectivity index (χ4n) is 6.95. The smallest absolute Gasteiger partial charge is 0.245 e. The van der Waals surface area contributed by atoms with E-state index in [4.69, 9.17) is 28.9 Å². The van der Waals surface area contributed by atoms with Gasteiger partial charge in [0, 0.05) is 51.0 Å². The molecule has 0 saturated carbocycles. The number of nitrogens with one attached hydrogen (secondary N) is 2. The molecule has 2 aliphatic heterocycles. The predicted octanol–water partition coefficient (Wildman–Crippen LogP) is 5.16. The first-order valence-electron chi connectivity index (χ1n) is 17.3. The Labute approximate surface area is 295 Å². The molecule has 48 heavy (non-hydrogen) atoms. The van der Waals surface area contributed by atoms with E-state index in [2.05, 4.69) is 10.6 Å². The van der Waals surface area contributed by atoms with Crippen LogP contribution >= 0.6 is 23.2 Å². The number of piperidine rings is 2. The summed E-state index contributed by atoms with van der Waals surface area (Å²) in [6.45, 7) is 6.65. The Bertz CT molecular complexity index is 1420. The van der Waals surface area contributed by atoms with Gasteiger partial charge in [-0.1, -0.05) is 72.9 Å². The van der Waals surface area contributed by atoms with Crippen molar-refractivity contribution in [1.82, 2.24) is 20.4 Å². The Morgan fingerprint density at radius 3 is 2.27 bits per heavy atom. The zero-order valence-corrected chi connectivity index (χ0v) is 29.9. The highest BCUT2D eigenvalue weighted by Crippen LogP contribution is 2.36. The van der Waals surface area contributed by atoms with E-state index >= 15 is 0 Å². The minimum absolute atomic E-state index is 0.0652. The maximum Gasteiger partial charge on any atom is 0.245 e.